The van der Waals surface area contributed by atoms with Crippen LogP contribution in [0.2, 0.25) is 0 Å². The van der Waals surface area contributed by atoms with Crippen molar-refractivity contribution in [3.8, 4) is 11.4 Å². The molecule has 8 nitrogen and oxygen atoms in total. The number of hydrogen-bond donors (Lipinski definition) is 1. The van der Waals surface area contributed by atoms with Gasteiger partial charge in [0.05, 0.1) is 11.0 Å². The number of aromatic nitrogens is 2. The van der Waals surface area contributed by atoms with E-state index in [2.05, 4.69) is 23.8 Å². The van der Waals surface area contributed by atoms with Gasteiger partial charge in [-0.05, 0) is 25.2 Å². The fourth-order valence-electron chi connectivity index (χ4n) is 2.35. The number of non-ortho nitro benzene ring substituents is 1. The first-order chi connectivity index (χ1) is 13.0. The van der Waals surface area contributed by atoms with Crippen molar-refractivity contribution in [3.63, 3.8) is 0 Å². The van der Waals surface area contributed by atoms with E-state index in [-0.39, 0.29) is 12.3 Å². The summed E-state index contributed by atoms with van der Waals surface area (Å²) in [7, 11) is 0. The Bertz CT molecular complexity index is 672. The Morgan fingerprint density at radius 3 is 2.48 bits per heavy atom. The van der Waals surface area contributed by atoms with Crippen molar-refractivity contribution >= 4 is 5.69 Å². The number of nitro benzene ring substituents is 1. The third-order valence-electron chi connectivity index (χ3n) is 3.70. The summed E-state index contributed by atoms with van der Waals surface area (Å²) in [5.74, 6) is 0.312. The quantitative estimate of drug-likeness (QED) is 0.532. The van der Waals surface area contributed by atoms with Gasteiger partial charge in [0, 0.05) is 25.0 Å². The predicted molar refractivity (Wildman–Crippen MR) is 105 cm³/mol. The van der Waals surface area contributed by atoms with E-state index >= 15 is 0 Å². The summed E-state index contributed by atoms with van der Waals surface area (Å²) in [6.07, 6.45) is 3.90. The fraction of sp³-hybridized carbons (Fsp3) is 0.526. The summed E-state index contributed by atoms with van der Waals surface area (Å²) in [6, 6.07) is 6.08. The van der Waals surface area contributed by atoms with Crippen LogP contribution < -0.4 is 4.74 Å². The smallest absolute Gasteiger partial charge is 0.273 e. The molecule has 2 aromatic rings. The topological polar surface area (TPSA) is 93.7 Å². The maximum absolute atomic E-state index is 11.0. The van der Waals surface area contributed by atoms with E-state index in [1.54, 1.807) is 29.2 Å². The zero-order valence-electron chi connectivity index (χ0n) is 16.5. The molecule has 1 aromatic heterocycles. The number of likely N-dealkylation sites (N-methyl/N-ethyl adjacent to an activating group) is 1. The average molecular weight is 378 g/mol. The minimum absolute atomic E-state index is 0.0476. The van der Waals surface area contributed by atoms with Crippen LogP contribution in [-0.2, 0) is 0 Å². The van der Waals surface area contributed by atoms with Gasteiger partial charge in [0.1, 0.15) is 18.4 Å². The molecule has 1 atom stereocenters. The zero-order chi connectivity index (χ0) is 20.2. The summed E-state index contributed by atoms with van der Waals surface area (Å²) >= 11 is 0. The van der Waals surface area contributed by atoms with E-state index < -0.39 is 11.0 Å². The van der Waals surface area contributed by atoms with Gasteiger partial charge in [-0.2, -0.15) is 5.10 Å². The molecule has 0 aliphatic heterocycles. The van der Waals surface area contributed by atoms with Crippen LogP contribution in [0.1, 0.15) is 34.1 Å². The summed E-state index contributed by atoms with van der Waals surface area (Å²) in [5, 5.41) is 25.2. The Kier molecular flexibility index (Phi) is 10.1. The first-order valence-corrected chi connectivity index (χ1v) is 9.28. The molecule has 1 aromatic carbocycles. The van der Waals surface area contributed by atoms with Crippen LogP contribution >= 0.6 is 0 Å². The third kappa shape index (κ3) is 7.36. The van der Waals surface area contributed by atoms with Crippen molar-refractivity contribution in [2.24, 2.45) is 0 Å². The summed E-state index contributed by atoms with van der Waals surface area (Å²) in [4.78, 5) is 12.6. The number of nitro groups is 1. The number of aliphatic hydroxyl groups is 1. The molecule has 1 N–H and O–H groups in total. The van der Waals surface area contributed by atoms with E-state index in [0.29, 0.717) is 18.0 Å². The standard InChI is InChI=1S/C16H22N4O4.C3H8/c1-3-18(4-2)11-14(21)12-24-16-10-13(20(22)23)6-7-15(16)19-9-5-8-17-19;1-3-2/h5-10,14,21H,3-4,11-12H2,1-2H3;3H2,1-2H3. The molecule has 0 saturated carbocycles. The minimum atomic E-state index is -0.686. The van der Waals surface area contributed by atoms with Crippen LogP contribution in [0.3, 0.4) is 0 Å². The van der Waals surface area contributed by atoms with Crippen molar-refractivity contribution in [1.82, 2.24) is 14.7 Å². The first kappa shape index (κ1) is 22.6. The summed E-state index contributed by atoms with van der Waals surface area (Å²) in [5.41, 5.74) is 0.514. The second-order valence-electron chi connectivity index (χ2n) is 6.02. The molecule has 0 saturated heterocycles. The van der Waals surface area contributed by atoms with Crippen LogP contribution in [0.15, 0.2) is 36.7 Å². The highest BCUT2D eigenvalue weighted by Gasteiger charge is 2.16. The van der Waals surface area contributed by atoms with Crippen molar-refractivity contribution < 1.29 is 14.8 Å². The zero-order valence-corrected chi connectivity index (χ0v) is 16.5. The monoisotopic (exact) mass is 378 g/mol. The van der Waals surface area contributed by atoms with Gasteiger partial charge in [-0.1, -0.05) is 34.1 Å². The molecule has 0 radical (unpaired) electrons. The number of nitrogens with zero attached hydrogens (tertiary/aromatic N) is 4. The molecule has 150 valence electrons. The normalized spacial score (nSPS) is 11.6. The Balaban J connectivity index is 0.00000114. The van der Waals surface area contributed by atoms with Crippen LogP contribution in [0.5, 0.6) is 5.75 Å². The number of ether oxygens (including phenoxy) is 1. The highest BCUT2D eigenvalue weighted by atomic mass is 16.6. The molecule has 2 rings (SSSR count). The van der Waals surface area contributed by atoms with Crippen LogP contribution in [0.4, 0.5) is 5.69 Å². The Morgan fingerprint density at radius 2 is 1.96 bits per heavy atom. The van der Waals surface area contributed by atoms with Crippen molar-refractivity contribution in [3.05, 3.63) is 46.8 Å². The fourth-order valence-corrected chi connectivity index (χ4v) is 2.35. The lowest BCUT2D eigenvalue weighted by atomic mass is 10.2. The van der Waals surface area contributed by atoms with Crippen molar-refractivity contribution in [1.29, 1.82) is 0 Å². The van der Waals surface area contributed by atoms with Gasteiger partial charge in [0.25, 0.3) is 5.69 Å². The lowest BCUT2D eigenvalue weighted by molar-refractivity contribution is -0.384. The summed E-state index contributed by atoms with van der Waals surface area (Å²) in [6.45, 7) is 10.5. The van der Waals surface area contributed by atoms with E-state index in [9.17, 15) is 15.2 Å². The van der Waals surface area contributed by atoms with Crippen LogP contribution in [0.25, 0.3) is 5.69 Å². The lowest BCUT2D eigenvalue weighted by Crippen LogP contribution is -2.35. The average Bonchev–Trinajstić information content (AvgIpc) is 3.19. The van der Waals surface area contributed by atoms with Crippen LogP contribution in [-0.4, -0.2) is 57.1 Å². The Hall–Kier alpha value is -2.45. The number of hydrogen-bond acceptors (Lipinski definition) is 6. The number of rotatable bonds is 9. The maximum atomic E-state index is 11.0. The molecule has 0 spiro atoms. The molecule has 8 heteroatoms. The van der Waals surface area contributed by atoms with E-state index in [1.807, 2.05) is 13.8 Å². The van der Waals surface area contributed by atoms with E-state index in [0.717, 1.165) is 13.1 Å². The molecular formula is C19H30N4O4. The van der Waals surface area contributed by atoms with Gasteiger partial charge in [-0.25, -0.2) is 4.68 Å². The molecule has 0 bridgehead atoms. The molecular weight excluding hydrogens is 348 g/mol. The van der Waals surface area contributed by atoms with Gasteiger partial charge < -0.3 is 14.7 Å². The molecule has 27 heavy (non-hydrogen) atoms. The Labute approximate surface area is 160 Å². The van der Waals surface area contributed by atoms with Gasteiger partial charge in [-0.3, -0.25) is 10.1 Å². The first-order valence-electron chi connectivity index (χ1n) is 9.28. The summed E-state index contributed by atoms with van der Waals surface area (Å²) < 4.78 is 7.23. The minimum Gasteiger partial charge on any atom is -0.488 e. The second-order valence-corrected chi connectivity index (χ2v) is 6.02. The van der Waals surface area contributed by atoms with Crippen LogP contribution in [0, 0.1) is 10.1 Å². The molecule has 0 aliphatic rings. The lowest BCUT2D eigenvalue weighted by Gasteiger charge is -2.22. The van der Waals surface area contributed by atoms with Gasteiger partial charge >= 0.3 is 0 Å². The van der Waals surface area contributed by atoms with Gasteiger partial charge in [-0.15, -0.1) is 0 Å². The number of aliphatic hydroxyl groups excluding tert-OH is 1. The predicted octanol–water partition coefficient (Wildman–Crippen LogP) is 3.28. The SMILES string of the molecule is CCC.CCN(CC)CC(O)COc1cc([N+](=O)[O-])ccc1-n1cccn1. The van der Waals surface area contributed by atoms with Gasteiger partial charge in [0.2, 0.25) is 0 Å². The van der Waals surface area contributed by atoms with Crippen molar-refractivity contribution in [2.45, 2.75) is 40.2 Å². The highest BCUT2D eigenvalue weighted by Crippen LogP contribution is 2.27. The largest absolute Gasteiger partial charge is 0.488 e. The van der Waals surface area contributed by atoms with Crippen molar-refractivity contribution in [2.75, 3.05) is 26.2 Å². The Morgan fingerprint density at radius 1 is 1.30 bits per heavy atom. The number of benzene rings is 1. The van der Waals surface area contributed by atoms with E-state index in [4.69, 9.17) is 4.74 Å². The maximum Gasteiger partial charge on any atom is 0.273 e. The molecule has 0 fully saturated rings. The third-order valence-corrected chi connectivity index (χ3v) is 3.70. The molecule has 0 amide bonds. The molecule has 1 heterocycles. The van der Waals surface area contributed by atoms with E-state index in [1.165, 1.54) is 18.6 Å². The highest BCUT2D eigenvalue weighted by molar-refractivity contribution is 5.52. The second kappa shape index (κ2) is 12.0. The van der Waals surface area contributed by atoms with Gasteiger partial charge in [0.15, 0.2) is 5.75 Å². The molecule has 1 unspecified atom stereocenters. The molecule has 0 aliphatic carbocycles.